The molecule has 6 nitrogen and oxygen atoms in total. The summed E-state index contributed by atoms with van der Waals surface area (Å²) in [5, 5.41) is 0. The van der Waals surface area contributed by atoms with Crippen molar-refractivity contribution in [2.24, 2.45) is 5.92 Å². The van der Waals surface area contributed by atoms with E-state index in [2.05, 4.69) is 0 Å². The van der Waals surface area contributed by atoms with E-state index < -0.39 is 41.6 Å². The van der Waals surface area contributed by atoms with Gasteiger partial charge in [-0.15, -0.1) is 0 Å². The Labute approximate surface area is 160 Å². The maximum atomic E-state index is 16.0. The van der Waals surface area contributed by atoms with E-state index >= 15 is 4.39 Å². The molecule has 7 heteroatoms. The van der Waals surface area contributed by atoms with Crippen LogP contribution in [0.15, 0.2) is 60.7 Å². The van der Waals surface area contributed by atoms with E-state index in [1.165, 1.54) is 43.3 Å². The first-order valence-electron chi connectivity index (χ1n) is 8.79. The van der Waals surface area contributed by atoms with Gasteiger partial charge in [0.05, 0.1) is 12.3 Å². The lowest BCUT2D eigenvalue weighted by Gasteiger charge is -2.26. The first-order chi connectivity index (χ1) is 13.4. The van der Waals surface area contributed by atoms with Crippen LogP contribution in [-0.2, 0) is 19.1 Å². The summed E-state index contributed by atoms with van der Waals surface area (Å²) < 4.78 is 20.8. The number of anilines is 1. The number of alkyl halides is 1. The van der Waals surface area contributed by atoms with Crippen LogP contribution in [0.4, 0.5) is 10.1 Å². The monoisotopic (exact) mass is 383 g/mol. The topological polar surface area (TPSA) is 80.8 Å². The van der Waals surface area contributed by atoms with Gasteiger partial charge in [-0.05, 0) is 19.1 Å². The lowest BCUT2D eigenvalue weighted by molar-refractivity contribution is -0.159. The van der Waals surface area contributed by atoms with Crippen molar-refractivity contribution in [3.8, 4) is 0 Å². The molecule has 2 aromatic carbocycles. The molecule has 0 spiro atoms. The second-order valence-electron chi connectivity index (χ2n) is 6.29. The van der Waals surface area contributed by atoms with Crippen molar-refractivity contribution in [2.45, 2.75) is 19.0 Å². The summed E-state index contributed by atoms with van der Waals surface area (Å²) in [6.45, 7) is 1.28. The third-order valence-electron chi connectivity index (χ3n) is 4.58. The van der Waals surface area contributed by atoms with E-state index in [-0.39, 0.29) is 17.9 Å². The van der Waals surface area contributed by atoms with E-state index in [4.69, 9.17) is 4.74 Å². The smallest absolute Gasteiger partial charge is 0.353 e. The second kappa shape index (κ2) is 7.72. The van der Waals surface area contributed by atoms with Crippen LogP contribution < -0.4 is 4.90 Å². The summed E-state index contributed by atoms with van der Waals surface area (Å²) in [5.74, 6) is -6.10. The summed E-state index contributed by atoms with van der Waals surface area (Å²) in [4.78, 5) is 51.5. The second-order valence-corrected chi connectivity index (χ2v) is 6.29. The van der Waals surface area contributed by atoms with Gasteiger partial charge >= 0.3 is 5.97 Å². The van der Waals surface area contributed by atoms with Gasteiger partial charge in [0.2, 0.25) is 17.6 Å². The number of rotatable bonds is 6. The summed E-state index contributed by atoms with van der Waals surface area (Å²) in [6, 6.07) is 15.3. The zero-order valence-electron chi connectivity index (χ0n) is 15.1. The molecule has 1 aliphatic rings. The van der Waals surface area contributed by atoms with Crippen molar-refractivity contribution < 1.29 is 28.3 Å². The van der Waals surface area contributed by atoms with Crippen LogP contribution in [0.2, 0.25) is 0 Å². The number of carbonyl (C=O) groups is 4. The van der Waals surface area contributed by atoms with Crippen LogP contribution in [0.3, 0.4) is 0 Å². The fourth-order valence-corrected chi connectivity index (χ4v) is 3.22. The fourth-order valence-electron chi connectivity index (χ4n) is 3.22. The molecule has 1 saturated heterocycles. The van der Waals surface area contributed by atoms with Crippen LogP contribution in [0.1, 0.15) is 23.7 Å². The van der Waals surface area contributed by atoms with Gasteiger partial charge in [0.1, 0.15) is 5.92 Å². The van der Waals surface area contributed by atoms with Crippen LogP contribution in [0.25, 0.3) is 0 Å². The Balaban J connectivity index is 2.04. The number of hydrogen-bond donors (Lipinski definition) is 0. The number of esters is 1. The van der Waals surface area contributed by atoms with E-state index in [1.54, 1.807) is 24.3 Å². The summed E-state index contributed by atoms with van der Waals surface area (Å²) in [7, 11) is 0. The summed E-state index contributed by atoms with van der Waals surface area (Å²) in [6.07, 6.45) is -0.610. The minimum Gasteiger partial charge on any atom is -0.463 e. The minimum atomic E-state index is -3.30. The third kappa shape index (κ3) is 3.19. The number of amides is 2. The minimum absolute atomic E-state index is 0.0866. The average Bonchev–Trinajstić information content (AvgIpc) is 3.02. The van der Waals surface area contributed by atoms with Crippen molar-refractivity contribution in [1.29, 1.82) is 0 Å². The van der Waals surface area contributed by atoms with Gasteiger partial charge in [0.15, 0.2) is 0 Å². The number of benzene rings is 2. The molecule has 0 aromatic heterocycles. The summed E-state index contributed by atoms with van der Waals surface area (Å²) >= 11 is 0. The van der Waals surface area contributed by atoms with Crippen LogP contribution >= 0.6 is 0 Å². The lowest BCUT2D eigenvalue weighted by Crippen LogP contribution is -2.52. The number of halogens is 1. The van der Waals surface area contributed by atoms with Crippen LogP contribution in [0, 0.1) is 5.92 Å². The highest BCUT2D eigenvalue weighted by molar-refractivity contribution is 6.27. The molecule has 0 N–H and O–H groups in total. The molecule has 1 fully saturated rings. The Bertz CT molecular complexity index is 915. The summed E-state index contributed by atoms with van der Waals surface area (Å²) in [5.41, 5.74) is -3.14. The van der Waals surface area contributed by atoms with Gasteiger partial charge in [0, 0.05) is 12.0 Å². The number of ketones is 1. The van der Waals surface area contributed by atoms with Crippen molar-refractivity contribution in [2.75, 3.05) is 11.5 Å². The number of carbonyl (C=O) groups excluding carboxylic acids is 4. The molecule has 1 heterocycles. The number of imide groups is 1. The molecule has 2 aromatic rings. The molecule has 144 valence electrons. The van der Waals surface area contributed by atoms with Gasteiger partial charge in [-0.2, -0.15) is 0 Å². The first kappa shape index (κ1) is 19.4. The quantitative estimate of drug-likeness (QED) is 0.332. The number of ether oxygens (including phenoxy) is 1. The van der Waals surface area contributed by atoms with Crippen molar-refractivity contribution in [1.82, 2.24) is 0 Å². The van der Waals surface area contributed by atoms with E-state index in [0.717, 1.165) is 4.90 Å². The Morgan fingerprint density at radius 2 is 1.64 bits per heavy atom. The Hall–Kier alpha value is -3.35. The normalized spacial score (nSPS) is 18.6. The largest absolute Gasteiger partial charge is 0.463 e. The molecular weight excluding hydrogens is 365 g/mol. The van der Waals surface area contributed by atoms with Crippen molar-refractivity contribution in [3.63, 3.8) is 0 Å². The predicted molar refractivity (Wildman–Crippen MR) is 98.3 cm³/mol. The van der Waals surface area contributed by atoms with Crippen LogP contribution in [-0.4, -0.2) is 35.8 Å². The van der Waals surface area contributed by atoms with E-state index in [1.807, 2.05) is 0 Å². The highest BCUT2D eigenvalue weighted by atomic mass is 19.1. The highest BCUT2D eigenvalue weighted by Crippen LogP contribution is 2.38. The molecule has 2 amide bonds. The predicted octanol–water partition coefficient (Wildman–Crippen LogP) is 2.72. The fraction of sp³-hybridized carbons (Fsp3) is 0.238. The van der Waals surface area contributed by atoms with Crippen LogP contribution in [0.5, 0.6) is 0 Å². The third-order valence-corrected chi connectivity index (χ3v) is 4.58. The van der Waals surface area contributed by atoms with Crippen molar-refractivity contribution >= 4 is 29.3 Å². The average molecular weight is 383 g/mol. The van der Waals surface area contributed by atoms with Gasteiger partial charge in [-0.1, -0.05) is 48.5 Å². The molecule has 0 aliphatic carbocycles. The molecule has 2 atom stereocenters. The molecule has 1 aliphatic heterocycles. The maximum absolute atomic E-state index is 16.0. The molecular formula is C21H18FNO5. The maximum Gasteiger partial charge on any atom is 0.353 e. The standard InChI is InChI=1S/C21H18FNO5/c1-2-28-20(27)21(22,18(25)14-9-5-3-6-10-14)16-13-17(24)23(19(16)26)15-11-7-4-8-12-15/h3-12,16H,2,13H2,1H3/t16-,21-/m1/s1. The number of hydrogen-bond acceptors (Lipinski definition) is 5. The molecule has 0 saturated carbocycles. The Kier molecular flexibility index (Phi) is 5.35. The molecule has 28 heavy (non-hydrogen) atoms. The lowest BCUT2D eigenvalue weighted by atomic mass is 9.81. The zero-order valence-corrected chi connectivity index (χ0v) is 15.1. The van der Waals surface area contributed by atoms with Gasteiger partial charge < -0.3 is 4.74 Å². The number of Topliss-reactive ketones (excluding diaryl/α,β-unsaturated/α-hetero) is 1. The van der Waals surface area contributed by atoms with Gasteiger partial charge in [0.25, 0.3) is 5.67 Å². The highest BCUT2D eigenvalue weighted by Gasteiger charge is 2.62. The Morgan fingerprint density at radius 1 is 1.07 bits per heavy atom. The van der Waals surface area contributed by atoms with Gasteiger partial charge in [-0.3, -0.25) is 19.3 Å². The van der Waals surface area contributed by atoms with Crippen molar-refractivity contribution in [3.05, 3.63) is 66.2 Å². The first-order valence-corrected chi connectivity index (χ1v) is 8.79. The molecule has 3 rings (SSSR count). The number of nitrogens with zero attached hydrogens (tertiary/aromatic N) is 1. The van der Waals surface area contributed by atoms with Gasteiger partial charge in [-0.25, -0.2) is 9.18 Å². The SMILES string of the molecule is CCOC(=O)[C@](F)(C(=O)c1ccccc1)[C@@H]1CC(=O)N(c2ccccc2)C1=O. The molecule has 0 unspecified atom stereocenters. The van der Waals surface area contributed by atoms with E-state index in [0.29, 0.717) is 0 Å². The Morgan fingerprint density at radius 3 is 2.21 bits per heavy atom. The zero-order chi connectivity index (χ0) is 20.3. The number of para-hydroxylation sites is 1. The molecule has 0 bridgehead atoms. The van der Waals surface area contributed by atoms with E-state index in [9.17, 15) is 19.2 Å². The molecule has 0 radical (unpaired) electrons.